The second-order valence-electron chi connectivity index (χ2n) is 7.22. The van der Waals surface area contributed by atoms with Crippen LogP contribution in [0.4, 0.5) is 0 Å². The van der Waals surface area contributed by atoms with E-state index in [0.29, 0.717) is 24.5 Å². The molecule has 2 rings (SSSR count). The van der Waals surface area contributed by atoms with E-state index < -0.39 is 10.0 Å². The van der Waals surface area contributed by atoms with E-state index in [4.69, 9.17) is 4.74 Å². The Bertz CT molecular complexity index is 606. The Kier molecular flexibility index (Phi) is 5.84. The highest BCUT2D eigenvalue weighted by Gasteiger charge is 2.20. The molecule has 0 bridgehead atoms. The van der Waals surface area contributed by atoms with E-state index in [0.717, 1.165) is 18.7 Å². The van der Waals surface area contributed by atoms with E-state index in [-0.39, 0.29) is 11.5 Å². The second kappa shape index (κ2) is 7.30. The predicted molar refractivity (Wildman–Crippen MR) is 92.2 cm³/mol. The molecule has 1 aliphatic heterocycles. The molecule has 0 aromatic heterocycles. The summed E-state index contributed by atoms with van der Waals surface area (Å²) in [6.07, 6.45) is 0.781. The fourth-order valence-corrected chi connectivity index (χ4v) is 3.66. The van der Waals surface area contributed by atoms with Gasteiger partial charge in [0, 0.05) is 19.6 Å². The molecule has 0 amide bonds. The van der Waals surface area contributed by atoms with Crippen molar-refractivity contribution in [1.82, 2.24) is 9.62 Å². The van der Waals surface area contributed by atoms with Gasteiger partial charge in [-0.3, -0.25) is 0 Å². The highest BCUT2D eigenvalue weighted by atomic mass is 32.2. The van der Waals surface area contributed by atoms with Gasteiger partial charge in [0.15, 0.2) is 0 Å². The number of ether oxygens (including phenoxy) is 1. The minimum absolute atomic E-state index is 0.0140. The first-order chi connectivity index (χ1) is 10.7. The Morgan fingerprint density at radius 2 is 1.91 bits per heavy atom. The fourth-order valence-electron chi connectivity index (χ4n) is 2.61. The van der Waals surface area contributed by atoms with Gasteiger partial charge in [-0.05, 0) is 36.6 Å². The van der Waals surface area contributed by atoms with E-state index in [9.17, 15) is 8.42 Å². The SMILES string of the molecule is CN1CCOC(CCNS(=O)(=O)c2ccc(C(C)(C)C)cc2)C1. The van der Waals surface area contributed by atoms with Gasteiger partial charge in [0.05, 0.1) is 17.6 Å². The number of hydrogen-bond donors (Lipinski definition) is 1. The van der Waals surface area contributed by atoms with Crippen LogP contribution >= 0.6 is 0 Å². The molecule has 0 saturated carbocycles. The maximum atomic E-state index is 12.3. The lowest BCUT2D eigenvalue weighted by molar-refractivity contribution is -0.0222. The van der Waals surface area contributed by atoms with Crippen molar-refractivity contribution in [2.45, 2.75) is 43.6 Å². The third-order valence-corrected chi connectivity index (χ3v) is 5.61. The maximum absolute atomic E-state index is 12.3. The quantitative estimate of drug-likeness (QED) is 0.890. The molecule has 1 aromatic rings. The molecule has 1 aliphatic rings. The Labute approximate surface area is 140 Å². The average molecular weight is 340 g/mol. The Morgan fingerprint density at radius 3 is 2.48 bits per heavy atom. The van der Waals surface area contributed by atoms with E-state index in [1.807, 2.05) is 12.1 Å². The Hall–Kier alpha value is -0.950. The van der Waals surface area contributed by atoms with Crippen LogP contribution in [0.15, 0.2) is 29.2 Å². The molecular formula is C17H28N2O3S. The molecule has 1 atom stereocenters. The number of nitrogens with one attached hydrogen (secondary N) is 1. The van der Waals surface area contributed by atoms with Crippen LogP contribution in [-0.2, 0) is 20.2 Å². The molecule has 6 heteroatoms. The number of sulfonamides is 1. The normalized spacial score (nSPS) is 20.6. The maximum Gasteiger partial charge on any atom is 0.240 e. The summed E-state index contributed by atoms with van der Waals surface area (Å²) in [5.41, 5.74) is 1.13. The molecule has 1 heterocycles. The average Bonchev–Trinajstić information content (AvgIpc) is 2.46. The predicted octanol–water partition coefficient (Wildman–Crippen LogP) is 1.98. The van der Waals surface area contributed by atoms with E-state index in [2.05, 4.69) is 37.4 Å². The van der Waals surface area contributed by atoms with Crippen molar-refractivity contribution >= 4 is 10.0 Å². The molecular weight excluding hydrogens is 312 g/mol. The van der Waals surface area contributed by atoms with E-state index in [1.165, 1.54) is 0 Å². The van der Waals surface area contributed by atoms with Gasteiger partial charge in [-0.2, -0.15) is 0 Å². The van der Waals surface area contributed by atoms with Gasteiger partial charge in [0.25, 0.3) is 0 Å². The molecule has 23 heavy (non-hydrogen) atoms. The summed E-state index contributed by atoms with van der Waals surface area (Å²) in [6.45, 7) is 9.20. The molecule has 1 unspecified atom stereocenters. The summed E-state index contributed by atoms with van der Waals surface area (Å²) >= 11 is 0. The summed E-state index contributed by atoms with van der Waals surface area (Å²) in [6, 6.07) is 7.11. The number of nitrogens with zero attached hydrogens (tertiary/aromatic N) is 1. The smallest absolute Gasteiger partial charge is 0.240 e. The molecule has 130 valence electrons. The summed E-state index contributed by atoms with van der Waals surface area (Å²) in [5.74, 6) is 0. The summed E-state index contributed by atoms with van der Waals surface area (Å²) in [4.78, 5) is 2.51. The summed E-state index contributed by atoms with van der Waals surface area (Å²) in [7, 11) is -1.40. The lowest BCUT2D eigenvalue weighted by Gasteiger charge is -2.30. The topological polar surface area (TPSA) is 58.6 Å². The number of rotatable bonds is 5. The molecule has 0 spiro atoms. The van der Waals surface area contributed by atoms with Gasteiger partial charge in [-0.1, -0.05) is 32.9 Å². The van der Waals surface area contributed by atoms with Crippen LogP contribution in [0.5, 0.6) is 0 Å². The highest BCUT2D eigenvalue weighted by Crippen LogP contribution is 2.23. The van der Waals surface area contributed by atoms with Crippen molar-refractivity contribution in [2.24, 2.45) is 0 Å². The second-order valence-corrected chi connectivity index (χ2v) is 8.98. The van der Waals surface area contributed by atoms with Gasteiger partial charge >= 0.3 is 0 Å². The van der Waals surface area contributed by atoms with Crippen molar-refractivity contribution in [2.75, 3.05) is 33.3 Å². The molecule has 1 saturated heterocycles. The third-order valence-electron chi connectivity index (χ3n) is 4.13. The molecule has 1 fully saturated rings. The molecule has 1 N–H and O–H groups in total. The van der Waals surface area contributed by atoms with E-state index in [1.54, 1.807) is 12.1 Å². The third kappa shape index (κ3) is 5.28. The van der Waals surface area contributed by atoms with Gasteiger partial charge in [-0.25, -0.2) is 13.1 Å². The first-order valence-corrected chi connectivity index (χ1v) is 9.57. The Balaban J connectivity index is 1.91. The summed E-state index contributed by atoms with van der Waals surface area (Å²) in [5, 5.41) is 0. The monoisotopic (exact) mass is 340 g/mol. The van der Waals surface area contributed by atoms with Crippen LogP contribution < -0.4 is 4.72 Å². The van der Waals surface area contributed by atoms with Crippen LogP contribution in [0.25, 0.3) is 0 Å². The van der Waals surface area contributed by atoms with Crippen LogP contribution in [-0.4, -0.2) is 52.7 Å². The molecule has 0 radical (unpaired) electrons. The number of hydrogen-bond acceptors (Lipinski definition) is 4. The van der Waals surface area contributed by atoms with Gasteiger partial charge in [0.2, 0.25) is 10.0 Å². The van der Waals surface area contributed by atoms with Crippen LogP contribution in [0.1, 0.15) is 32.8 Å². The fraction of sp³-hybridized carbons (Fsp3) is 0.647. The van der Waals surface area contributed by atoms with Crippen molar-refractivity contribution in [3.63, 3.8) is 0 Å². The number of likely N-dealkylation sites (N-methyl/N-ethyl adjacent to an activating group) is 1. The first-order valence-electron chi connectivity index (χ1n) is 8.09. The Morgan fingerprint density at radius 1 is 1.26 bits per heavy atom. The van der Waals surface area contributed by atoms with Crippen molar-refractivity contribution in [1.29, 1.82) is 0 Å². The van der Waals surface area contributed by atoms with Crippen LogP contribution in [0.3, 0.4) is 0 Å². The zero-order chi connectivity index (χ0) is 17.1. The van der Waals surface area contributed by atoms with Crippen molar-refractivity contribution in [3.05, 3.63) is 29.8 Å². The van der Waals surface area contributed by atoms with Gasteiger partial charge in [0.1, 0.15) is 0 Å². The standard InChI is InChI=1S/C17H28N2O3S/c1-17(2,3)14-5-7-16(8-6-14)23(20,21)18-10-9-15-13-19(4)11-12-22-15/h5-8,15,18H,9-13H2,1-4H3. The molecule has 5 nitrogen and oxygen atoms in total. The molecule has 0 aliphatic carbocycles. The minimum atomic E-state index is -3.46. The van der Waals surface area contributed by atoms with Gasteiger partial charge < -0.3 is 9.64 Å². The lowest BCUT2D eigenvalue weighted by atomic mass is 9.87. The van der Waals surface area contributed by atoms with Gasteiger partial charge in [-0.15, -0.1) is 0 Å². The number of benzene rings is 1. The van der Waals surface area contributed by atoms with Crippen molar-refractivity contribution in [3.8, 4) is 0 Å². The van der Waals surface area contributed by atoms with Crippen LogP contribution in [0, 0.1) is 0 Å². The summed E-state index contributed by atoms with van der Waals surface area (Å²) < 4.78 is 33.0. The van der Waals surface area contributed by atoms with Crippen LogP contribution in [0.2, 0.25) is 0 Å². The minimum Gasteiger partial charge on any atom is -0.376 e. The zero-order valence-corrected chi connectivity index (χ0v) is 15.3. The van der Waals surface area contributed by atoms with Crippen molar-refractivity contribution < 1.29 is 13.2 Å². The lowest BCUT2D eigenvalue weighted by Crippen LogP contribution is -2.41. The number of morpholine rings is 1. The highest BCUT2D eigenvalue weighted by molar-refractivity contribution is 7.89. The first kappa shape index (κ1) is 18.4. The zero-order valence-electron chi connectivity index (χ0n) is 14.5. The molecule has 1 aromatic carbocycles. The largest absolute Gasteiger partial charge is 0.376 e. The van der Waals surface area contributed by atoms with E-state index >= 15 is 0 Å².